The third kappa shape index (κ3) is 7.05. The number of aromatic nitrogens is 2. The number of carbonyl (C=O) groups excluding carboxylic acids is 1. The average molecular weight is 421 g/mol. The molecule has 3 rings (SSSR count). The Bertz CT molecular complexity index is 768. The number of ether oxygens (including phenoxy) is 1. The number of methoxy groups -OCH3 is 1. The van der Waals surface area contributed by atoms with Crippen molar-refractivity contribution >= 4 is 35.0 Å². The lowest BCUT2D eigenvalue weighted by Gasteiger charge is -2.19. The van der Waals surface area contributed by atoms with Crippen LogP contribution >= 0.6 is 23.4 Å². The number of hydrogen-bond donors (Lipinski definition) is 1. The molecule has 1 aromatic heterocycles. The number of carbonyl (C=O) groups is 1. The van der Waals surface area contributed by atoms with Gasteiger partial charge >= 0.3 is 0 Å². The van der Waals surface area contributed by atoms with Crippen LogP contribution in [0.1, 0.15) is 23.5 Å². The largest absolute Gasteiger partial charge is 0.479 e. The molecule has 0 radical (unpaired) electrons. The lowest BCUT2D eigenvalue weighted by atomic mass is 10.4. The van der Waals surface area contributed by atoms with E-state index in [1.165, 1.54) is 0 Å². The molecule has 6 nitrogen and oxygen atoms in total. The molecule has 1 fully saturated rings. The molecule has 1 aliphatic rings. The van der Waals surface area contributed by atoms with Gasteiger partial charge in [0.05, 0.1) is 13.3 Å². The highest BCUT2D eigenvalue weighted by atomic mass is 35.5. The molecule has 1 N–H and O–H groups in total. The topological polar surface area (TPSA) is 67.3 Å². The Labute approximate surface area is 175 Å². The van der Waals surface area contributed by atoms with Crippen LogP contribution in [-0.2, 0) is 0 Å². The van der Waals surface area contributed by atoms with E-state index < -0.39 is 0 Å². The minimum atomic E-state index is -0.299. The minimum Gasteiger partial charge on any atom is -0.479 e. The van der Waals surface area contributed by atoms with E-state index in [0.29, 0.717) is 12.4 Å². The fourth-order valence-corrected chi connectivity index (χ4v) is 3.02. The quantitative estimate of drug-likeness (QED) is 0.760. The Morgan fingerprint density at radius 2 is 2.04 bits per heavy atom. The van der Waals surface area contributed by atoms with E-state index in [2.05, 4.69) is 20.2 Å². The highest BCUT2D eigenvalue weighted by molar-refractivity contribution is 8.01. The lowest BCUT2D eigenvalue weighted by molar-refractivity contribution is 0.0946. The Morgan fingerprint density at radius 3 is 2.61 bits per heavy atom. The molecule has 150 valence electrons. The zero-order chi connectivity index (χ0) is 20.2. The number of halogens is 1. The number of amides is 1. The molecule has 0 saturated carbocycles. The number of nitrogens with one attached hydrogen (secondary N) is 1. The maximum Gasteiger partial charge on any atom is 0.289 e. The molecule has 1 amide bonds. The van der Waals surface area contributed by atoms with Crippen molar-refractivity contribution in [3.8, 4) is 5.88 Å². The summed E-state index contributed by atoms with van der Waals surface area (Å²) < 4.78 is 5.30. The molecular formula is C20H25ClN4O2S. The summed E-state index contributed by atoms with van der Waals surface area (Å²) in [7, 11) is 1.56. The van der Waals surface area contributed by atoms with Crippen LogP contribution in [0.5, 0.6) is 5.88 Å². The van der Waals surface area contributed by atoms with Crippen molar-refractivity contribution < 1.29 is 9.53 Å². The van der Waals surface area contributed by atoms with Gasteiger partial charge in [-0.2, -0.15) is 4.98 Å². The Balaban J connectivity index is 0.000000336. The normalized spacial score (nSPS) is 13.2. The van der Waals surface area contributed by atoms with Gasteiger partial charge in [0.1, 0.15) is 5.69 Å². The summed E-state index contributed by atoms with van der Waals surface area (Å²) in [5.41, 5.74) is 0.855. The molecule has 1 saturated heterocycles. The van der Waals surface area contributed by atoms with Gasteiger partial charge in [0.25, 0.3) is 5.91 Å². The van der Waals surface area contributed by atoms with Crippen molar-refractivity contribution in [1.82, 2.24) is 15.3 Å². The number of benzene rings is 1. The molecule has 0 atom stereocenters. The average Bonchev–Trinajstić information content (AvgIpc) is 3.26. The lowest BCUT2D eigenvalue weighted by Crippen LogP contribution is -2.26. The zero-order valence-electron chi connectivity index (χ0n) is 16.1. The van der Waals surface area contributed by atoms with Crippen molar-refractivity contribution in [2.75, 3.05) is 37.9 Å². The van der Waals surface area contributed by atoms with Crippen LogP contribution in [0.2, 0.25) is 5.02 Å². The standard InChI is InChI=1S/C14H20N4O2S.C6H5Cl/c1-20-14-11(18-7-3-4-8-18)10-16-12(17-14)13(19)15-6-5-9-21-2;7-6-4-2-1-3-5-6/h5,9-10H,3-4,6-8H2,1-2H3,(H,15,19);1-5H/b9-5+;. The van der Waals surface area contributed by atoms with Crippen molar-refractivity contribution in [2.24, 2.45) is 0 Å². The molecule has 1 aromatic carbocycles. The van der Waals surface area contributed by atoms with E-state index in [-0.39, 0.29) is 11.7 Å². The molecule has 2 heterocycles. The predicted octanol–water partition coefficient (Wildman–Crippen LogP) is 4.03. The summed E-state index contributed by atoms with van der Waals surface area (Å²) >= 11 is 7.12. The summed E-state index contributed by atoms with van der Waals surface area (Å²) in [5, 5.41) is 5.45. The number of hydrogen-bond acceptors (Lipinski definition) is 6. The van der Waals surface area contributed by atoms with Gasteiger partial charge in [0.2, 0.25) is 11.7 Å². The fraction of sp³-hybridized carbons (Fsp3) is 0.350. The molecule has 1 aliphatic heterocycles. The Morgan fingerprint density at radius 1 is 1.32 bits per heavy atom. The van der Waals surface area contributed by atoms with E-state index in [1.54, 1.807) is 25.1 Å². The number of anilines is 1. The molecule has 28 heavy (non-hydrogen) atoms. The van der Waals surface area contributed by atoms with Gasteiger partial charge in [0, 0.05) is 24.7 Å². The van der Waals surface area contributed by atoms with Crippen molar-refractivity contribution in [3.63, 3.8) is 0 Å². The van der Waals surface area contributed by atoms with Crippen LogP contribution in [0.4, 0.5) is 5.69 Å². The van der Waals surface area contributed by atoms with Gasteiger partial charge in [-0.1, -0.05) is 35.9 Å². The third-order valence-corrected chi connectivity index (χ3v) is 4.64. The van der Waals surface area contributed by atoms with Gasteiger partial charge in [-0.3, -0.25) is 4.79 Å². The highest BCUT2D eigenvalue weighted by Crippen LogP contribution is 2.28. The summed E-state index contributed by atoms with van der Waals surface area (Å²) in [6.07, 6.45) is 7.83. The maximum atomic E-state index is 12.0. The second-order valence-electron chi connectivity index (χ2n) is 5.90. The molecular weight excluding hydrogens is 396 g/mol. The molecule has 0 bridgehead atoms. The van der Waals surface area contributed by atoms with E-state index in [1.807, 2.05) is 48.1 Å². The molecule has 2 aromatic rings. The minimum absolute atomic E-state index is 0.132. The van der Waals surface area contributed by atoms with Crippen LogP contribution in [0.3, 0.4) is 0 Å². The monoisotopic (exact) mass is 420 g/mol. The summed E-state index contributed by atoms with van der Waals surface area (Å²) in [6.45, 7) is 2.41. The van der Waals surface area contributed by atoms with E-state index in [4.69, 9.17) is 16.3 Å². The van der Waals surface area contributed by atoms with Gasteiger partial charge in [0.15, 0.2) is 0 Å². The van der Waals surface area contributed by atoms with E-state index >= 15 is 0 Å². The predicted molar refractivity (Wildman–Crippen MR) is 116 cm³/mol. The molecule has 0 aliphatic carbocycles. The first-order chi connectivity index (χ1) is 13.7. The van der Waals surface area contributed by atoms with Crippen LogP contribution in [0, 0.1) is 0 Å². The number of rotatable bonds is 6. The van der Waals surface area contributed by atoms with E-state index in [9.17, 15) is 4.79 Å². The summed E-state index contributed by atoms with van der Waals surface area (Å²) in [4.78, 5) is 22.5. The van der Waals surface area contributed by atoms with Crippen molar-refractivity contribution in [2.45, 2.75) is 12.8 Å². The smallest absolute Gasteiger partial charge is 0.289 e. The Kier molecular flexibility index (Phi) is 9.65. The fourth-order valence-electron chi connectivity index (χ4n) is 2.58. The third-order valence-electron chi connectivity index (χ3n) is 3.92. The van der Waals surface area contributed by atoms with Crippen molar-refractivity contribution in [1.29, 1.82) is 0 Å². The maximum absolute atomic E-state index is 12.0. The summed E-state index contributed by atoms with van der Waals surface area (Å²) in [5.74, 6) is 0.288. The second kappa shape index (κ2) is 12.3. The van der Waals surface area contributed by atoms with Gasteiger partial charge in [-0.15, -0.1) is 11.8 Å². The highest BCUT2D eigenvalue weighted by Gasteiger charge is 2.20. The molecule has 0 unspecified atom stereocenters. The van der Waals surface area contributed by atoms with Gasteiger partial charge in [-0.25, -0.2) is 4.98 Å². The van der Waals surface area contributed by atoms with Crippen LogP contribution < -0.4 is 15.0 Å². The first-order valence-electron chi connectivity index (χ1n) is 8.98. The first kappa shape index (κ1) is 22.0. The van der Waals surface area contributed by atoms with Gasteiger partial charge < -0.3 is 15.0 Å². The second-order valence-corrected chi connectivity index (χ2v) is 7.08. The Hall–Kier alpha value is -2.25. The van der Waals surface area contributed by atoms with Crippen LogP contribution in [0.25, 0.3) is 0 Å². The van der Waals surface area contributed by atoms with E-state index in [0.717, 1.165) is 36.6 Å². The number of nitrogens with zero attached hydrogens (tertiary/aromatic N) is 3. The molecule has 0 spiro atoms. The first-order valence-corrected chi connectivity index (χ1v) is 10.6. The SMILES string of the molecule is COc1nc(C(=O)NC/C=C/SC)ncc1N1CCCC1.Clc1ccccc1. The van der Waals surface area contributed by atoms with Gasteiger partial charge in [-0.05, 0) is 36.6 Å². The molecule has 8 heteroatoms. The summed E-state index contributed by atoms with van der Waals surface area (Å²) in [6, 6.07) is 9.44. The van der Waals surface area contributed by atoms with Crippen LogP contribution in [-0.4, -0.2) is 48.9 Å². The van der Waals surface area contributed by atoms with Crippen LogP contribution in [0.15, 0.2) is 48.0 Å². The van der Waals surface area contributed by atoms with Crippen molar-refractivity contribution in [3.05, 3.63) is 58.9 Å². The number of thioether (sulfide) groups is 1. The zero-order valence-corrected chi connectivity index (χ0v) is 17.7.